The number of fused-ring (bicyclic) bond motifs is 1. The first-order chi connectivity index (χ1) is 10.0. The number of benzene rings is 1. The molecule has 0 aliphatic heterocycles. The van der Waals surface area contributed by atoms with E-state index in [4.69, 9.17) is 0 Å². The van der Waals surface area contributed by atoms with Crippen molar-refractivity contribution in [3.8, 4) is 0 Å². The van der Waals surface area contributed by atoms with E-state index in [9.17, 15) is 0 Å². The Bertz CT molecular complexity index is 456. The number of nitrogens with one attached hydrogen (secondary N) is 1. The molecule has 0 spiro atoms. The Morgan fingerprint density at radius 1 is 1.05 bits per heavy atom. The zero-order chi connectivity index (χ0) is 15.0. The lowest BCUT2D eigenvalue weighted by atomic mass is 9.86. The van der Waals surface area contributed by atoms with Gasteiger partial charge >= 0.3 is 0 Å². The molecule has 0 heterocycles. The molecule has 2 aliphatic carbocycles. The second kappa shape index (κ2) is 5.76. The van der Waals surface area contributed by atoms with E-state index in [1.165, 1.54) is 43.2 Å². The molecule has 3 rings (SSSR count). The first kappa shape index (κ1) is 15.1. The van der Waals surface area contributed by atoms with E-state index in [1.54, 1.807) is 0 Å². The van der Waals surface area contributed by atoms with Gasteiger partial charge in [0, 0.05) is 6.04 Å². The molecule has 2 aliphatic rings. The third-order valence-electron chi connectivity index (χ3n) is 5.83. The van der Waals surface area contributed by atoms with Crippen LogP contribution in [0.2, 0.25) is 0 Å². The molecule has 0 radical (unpaired) electrons. The van der Waals surface area contributed by atoms with E-state index in [1.807, 2.05) is 0 Å². The predicted octanol–water partition coefficient (Wildman–Crippen LogP) is 4.55. The SMILES string of the molecule is CNC(Cc1ccc(C(C)(C)C)cc1)C1C2CCCCC21. The third kappa shape index (κ3) is 3.18. The van der Waals surface area contributed by atoms with Crippen molar-refractivity contribution >= 4 is 0 Å². The van der Waals surface area contributed by atoms with Gasteiger partial charge in [-0.25, -0.2) is 0 Å². The summed E-state index contributed by atoms with van der Waals surface area (Å²) in [6, 6.07) is 10.0. The molecule has 0 aromatic heterocycles. The zero-order valence-electron chi connectivity index (χ0n) is 14.2. The number of rotatable bonds is 4. The molecule has 0 bridgehead atoms. The van der Waals surface area contributed by atoms with Crippen LogP contribution in [0.15, 0.2) is 24.3 Å². The van der Waals surface area contributed by atoms with Gasteiger partial charge in [0.1, 0.15) is 0 Å². The van der Waals surface area contributed by atoms with Crippen LogP contribution in [-0.4, -0.2) is 13.1 Å². The van der Waals surface area contributed by atoms with Gasteiger partial charge in [-0.1, -0.05) is 57.9 Å². The van der Waals surface area contributed by atoms with Gasteiger partial charge in [-0.15, -0.1) is 0 Å². The molecule has 0 saturated heterocycles. The molecule has 2 fully saturated rings. The predicted molar refractivity (Wildman–Crippen MR) is 90.6 cm³/mol. The fourth-order valence-electron chi connectivity index (χ4n) is 4.47. The fourth-order valence-corrected chi connectivity index (χ4v) is 4.47. The van der Waals surface area contributed by atoms with Crippen molar-refractivity contribution in [2.24, 2.45) is 17.8 Å². The highest BCUT2D eigenvalue weighted by Crippen LogP contribution is 2.57. The summed E-state index contributed by atoms with van der Waals surface area (Å²) in [5, 5.41) is 3.61. The van der Waals surface area contributed by atoms with Crippen LogP contribution >= 0.6 is 0 Å². The summed E-state index contributed by atoms with van der Waals surface area (Å²) < 4.78 is 0. The molecule has 1 aromatic carbocycles. The largest absolute Gasteiger partial charge is 0.316 e. The molecule has 116 valence electrons. The van der Waals surface area contributed by atoms with Crippen LogP contribution < -0.4 is 5.32 Å². The first-order valence-electron chi connectivity index (χ1n) is 8.77. The maximum absolute atomic E-state index is 3.61. The highest BCUT2D eigenvalue weighted by Gasteiger charge is 2.53. The Labute approximate surface area is 130 Å². The third-order valence-corrected chi connectivity index (χ3v) is 5.83. The number of hydrogen-bond acceptors (Lipinski definition) is 1. The van der Waals surface area contributed by atoms with Crippen LogP contribution in [0.5, 0.6) is 0 Å². The van der Waals surface area contributed by atoms with Crippen molar-refractivity contribution in [2.75, 3.05) is 7.05 Å². The standard InChI is InChI=1S/C20H31N/c1-20(2,3)15-11-9-14(10-12-15)13-18(21-4)19-16-7-5-6-8-17(16)19/h9-12,16-19,21H,5-8,13H2,1-4H3. The van der Waals surface area contributed by atoms with E-state index in [0.29, 0.717) is 6.04 Å². The van der Waals surface area contributed by atoms with Crippen molar-refractivity contribution < 1.29 is 0 Å². The van der Waals surface area contributed by atoms with Gasteiger partial charge in [0.15, 0.2) is 0 Å². The number of hydrogen-bond donors (Lipinski definition) is 1. The Balaban J connectivity index is 1.65. The van der Waals surface area contributed by atoms with Crippen LogP contribution in [-0.2, 0) is 11.8 Å². The fraction of sp³-hybridized carbons (Fsp3) is 0.700. The van der Waals surface area contributed by atoms with Gasteiger partial charge < -0.3 is 5.32 Å². The Hall–Kier alpha value is -0.820. The monoisotopic (exact) mass is 285 g/mol. The Morgan fingerprint density at radius 2 is 1.62 bits per heavy atom. The second-order valence-corrected chi connectivity index (χ2v) is 8.24. The minimum absolute atomic E-state index is 0.256. The maximum Gasteiger partial charge on any atom is 0.0138 e. The van der Waals surface area contributed by atoms with Crippen LogP contribution in [0.25, 0.3) is 0 Å². The summed E-state index contributed by atoms with van der Waals surface area (Å²) in [6.45, 7) is 6.86. The molecule has 1 nitrogen and oxygen atoms in total. The van der Waals surface area contributed by atoms with Gasteiger partial charge in [0.25, 0.3) is 0 Å². The molecule has 3 unspecified atom stereocenters. The number of likely N-dealkylation sites (N-methyl/N-ethyl adjacent to an activating group) is 1. The van der Waals surface area contributed by atoms with Crippen molar-refractivity contribution in [3.05, 3.63) is 35.4 Å². The summed E-state index contributed by atoms with van der Waals surface area (Å²) in [5.41, 5.74) is 3.19. The summed E-state index contributed by atoms with van der Waals surface area (Å²) in [6.07, 6.45) is 7.09. The summed E-state index contributed by atoms with van der Waals surface area (Å²) in [4.78, 5) is 0. The van der Waals surface area contributed by atoms with E-state index in [-0.39, 0.29) is 5.41 Å². The van der Waals surface area contributed by atoms with Crippen LogP contribution in [0.3, 0.4) is 0 Å². The smallest absolute Gasteiger partial charge is 0.0138 e. The average molecular weight is 285 g/mol. The summed E-state index contributed by atoms with van der Waals surface area (Å²) in [5.74, 6) is 3.01. The molecule has 1 N–H and O–H groups in total. The van der Waals surface area contributed by atoms with Gasteiger partial charge in [-0.3, -0.25) is 0 Å². The van der Waals surface area contributed by atoms with E-state index in [2.05, 4.69) is 57.4 Å². The zero-order valence-corrected chi connectivity index (χ0v) is 14.2. The maximum atomic E-state index is 3.61. The van der Waals surface area contributed by atoms with E-state index >= 15 is 0 Å². The molecular formula is C20H31N. The van der Waals surface area contributed by atoms with Crippen LogP contribution in [0.1, 0.15) is 57.6 Å². The average Bonchev–Trinajstić information content (AvgIpc) is 3.18. The first-order valence-corrected chi connectivity index (χ1v) is 8.77. The lowest BCUT2D eigenvalue weighted by Crippen LogP contribution is -2.31. The minimum Gasteiger partial charge on any atom is -0.316 e. The van der Waals surface area contributed by atoms with E-state index < -0.39 is 0 Å². The molecule has 21 heavy (non-hydrogen) atoms. The molecule has 3 atom stereocenters. The highest BCUT2D eigenvalue weighted by atomic mass is 14.9. The summed E-state index contributed by atoms with van der Waals surface area (Å²) in [7, 11) is 2.15. The Kier molecular flexibility index (Phi) is 4.14. The van der Waals surface area contributed by atoms with Crippen LogP contribution in [0, 0.1) is 17.8 Å². The lowest BCUT2D eigenvalue weighted by molar-refractivity contribution is 0.460. The van der Waals surface area contributed by atoms with Crippen molar-refractivity contribution in [1.82, 2.24) is 5.32 Å². The summed E-state index contributed by atoms with van der Waals surface area (Å²) >= 11 is 0. The second-order valence-electron chi connectivity index (χ2n) is 8.24. The van der Waals surface area contributed by atoms with Crippen molar-refractivity contribution in [1.29, 1.82) is 0 Å². The lowest BCUT2D eigenvalue weighted by Gasteiger charge is -2.20. The van der Waals surface area contributed by atoms with E-state index in [0.717, 1.165) is 17.8 Å². The molecule has 0 amide bonds. The molecule has 1 aromatic rings. The van der Waals surface area contributed by atoms with Crippen molar-refractivity contribution in [2.45, 2.75) is 64.3 Å². The highest BCUT2D eigenvalue weighted by molar-refractivity contribution is 5.28. The van der Waals surface area contributed by atoms with Gasteiger partial charge in [0.2, 0.25) is 0 Å². The van der Waals surface area contributed by atoms with Gasteiger partial charge in [-0.05, 0) is 60.6 Å². The van der Waals surface area contributed by atoms with Gasteiger partial charge in [0.05, 0.1) is 0 Å². The molecule has 2 saturated carbocycles. The topological polar surface area (TPSA) is 12.0 Å². The van der Waals surface area contributed by atoms with Crippen LogP contribution in [0.4, 0.5) is 0 Å². The Morgan fingerprint density at radius 3 is 2.10 bits per heavy atom. The quantitative estimate of drug-likeness (QED) is 0.855. The minimum atomic E-state index is 0.256. The molecular weight excluding hydrogens is 254 g/mol. The molecule has 1 heteroatoms. The normalized spacial score (nSPS) is 29.8. The van der Waals surface area contributed by atoms with Gasteiger partial charge in [-0.2, -0.15) is 0 Å². The van der Waals surface area contributed by atoms with Crippen molar-refractivity contribution in [3.63, 3.8) is 0 Å².